The monoisotopic (exact) mass is 554 g/mol. The number of anilines is 3. The number of aliphatic imine (C=N–C) groups is 1. The summed E-state index contributed by atoms with van der Waals surface area (Å²) in [5.41, 5.74) is 1.10. The van der Waals surface area contributed by atoms with Crippen LogP contribution in [0.5, 0.6) is 5.75 Å². The third kappa shape index (κ3) is 7.70. The van der Waals surface area contributed by atoms with Gasteiger partial charge in [-0.25, -0.2) is 14.4 Å². The molecule has 1 aliphatic heterocycles. The van der Waals surface area contributed by atoms with Crippen LogP contribution in [0.1, 0.15) is 6.92 Å². The Kier molecular flexibility index (Phi) is 9.64. The summed E-state index contributed by atoms with van der Waals surface area (Å²) in [7, 11) is 0. The van der Waals surface area contributed by atoms with E-state index < -0.39 is 11.7 Å². The number of ether oxygens (including phenoxy) is 1. The molecule has 36 heavy (non-hydrogen) atoms. The Morgan fingerprint density at radius 3 is 2.69 bits per heavy atom. The quantitative estimate of drug-likeness (QED) is 0.278. The first-order valence-electron chi connectivity index (χ1n) is 10.8. The number of nitrogens with one attached hydrogen (secondary N) is 3. The van der Waals surface area contributed by atoms with Gasteiger partial charge < -0.3 is 20.7 Å². The molecule has 0 saturated heterocycles. The molecule has 3 N–H and O–H groups in total. The number of fused-ring (bicyclic) bond motifs is 1. The standard InChI is InChI=1S/C21H19BrFN5O3.C4H5N/c1-3-20(30)27-18-9-14-17(10-19(18)31-7-6-24-12(2)29)25-11-26-21(14)28-16-5-4-13(22)8-15(16)23;1-2-4-5-3-1/h3-5,8-11H,1,6-7H2,2H3,(H,24,29)(H,27,30)(H,25,26,28);1-3H,4H2. The Hall–Kier alpha value is -4.12. The molecule has 2 aromatic carbocycles. The van der Waals surface area contributed by atoms with Crippen LogP contribution in [-0.4, -0.2) is 47.7 Å². The lowest BCUT2D eigenvalue weighted by Crippen LogP contribution is -2.25. The number of carbonyl (C=O) groups excluding carboxylic acids is 2. The average molecular weight is 555 g/mol. The lowest BCUT2D eigenvalue weighted by molar-refractivity contribution is -0.119. The van der Waals surface area contributed by atoms with Gasteiger partial charge in [0, 0.05) is 29.1 Å². The van der Waals surface area contributed by atoms with Crippen LogP contribution in [-0.2, 0) is 9.59 Å². The highest BCUT2D eigenvalue weighted by atomic mass is 79.9. The Morgan fingerprint density at radius 1 is 1.22 bits per heavy atom. The lowest BCUT2D eigenvalue weighted by atomic mass is 10.1. The molecule has 2 amide bonds. The molecule has 2 heterocycles. The topological polar surface area (TPSA) is 118 Å². The number of halogens is 2. The van der Waals surface area contributed by atoms with Crippen LogP contribution >= 0.6 is 15.9 Å². The second kappa shape index (κ2) is 13.1. The van der Waals surface area contributed by atoms with Gasteiger partial charge in [-0.05, 0) is 36.4 Å². The summed E-state index contributed by atoms with van der Waals surface area (Å²) in [6.07, 6.45) is 8.23. The van der Waals surface area contributed by atoms with Crippen LogP contribution in [0.3, 0.4) is 0 Å². The van der Waals surface area contributed by atoms with E-state index in [9.17, 15) is 14.0 Å². The normalized spacial score (nSPS) is 11.4. The zero-order valence-corrected chi connectivity index (χ0v) is 21.0. The molecular weight excluding hydrogens is 531 g/mol. The minimum Gasteiger partial charge on any atom is -0.489 e. The Bertz CT molecular complexity index is 1320. The lowest BCUT2D eigenvalue weighted by Gasteiger charge is -2.15. The molecule has 3 aromatic rings. The number of allylic oxidation sites excluding steroid dienone is 1. The largest absolute Gasteiger partial charge is 0.489 e. The van der Waals surface area contributed by atoms with E-state index in [-0.39, 0.29) is 18.2 Å². The van der Waals surface area contributed by atoms with E-state index in [2.05, 4.69) is 53.4 Å². The number of amides is 2. The van der Waals surface area contributed by atoms with Crippen LogP contribution < -0.4 is 20.7 Å². The fourth-order valence-electron chi connectivity index (χ4n) is 3.00. The molecule has 186 valence electrons. The van der Waals surface area contributed by atoms with E-state index in [4.69, 9.17) is 4.74 Å². The summed E-state index contributed by atoms with van der Waals surface area (Å²) in [4.78, 5) is 35.2. The molecule has 0 spiro atoms. The van der Waals surface area contributed by atoms with Gasteiger partial charge in [0.15, 0.2) is 0 Å². The van der Waals surface area contributed by atoms with Crippen molar-refractivity contribution in [1.29, 1.82) is 0 Å². The SMILES string of the molecule is C1=CCN=C1.C=CC(=O)Nc1cc2c(Nc3ccc(Br)cc3F)ncnc2cc1OCCNC(C)=O. The molecule has 0 atom stereocenters. The maximum absolute atomic E-state index is 14.3. The zero-order valence-electron chi connectivity index (χ0n) is 19.4. The summed E-state index contributed by atoms with van der Waals surface area (Å²) >= 11 is 3.22. The van der Waals surface area contributed by atoms with Crippen LogP contribution in [0.15, 0.2) is 70.9 Å². The molecule has 0 bridgehead atoms. The average Bonchev–Trinajstić information content (AvgIpc) is 3.44. The zero-order chi connectivity index (χ0) is 25.9. The Balaban J connectivity index is 0.000000642. The number of benzene rings is 2. The van der Waals surface area contributed by atoms with Crippen molar-refractivity contribution in [2.75, 3.05) is 30.3 Å². The molecule has 0 unspecified atom stereocenters. The molecule has 0 fully saturated rings. The molecule has 9 nitrogen and oxygen atoms in total. The minimum absolute atomic E-state index is 0.175. The summed E-state index contributed by atoms with van der Waals surface area (Å²) in [5.74, 6) is -0.362. The van der Waals surface area contributed by atoms with Gasteiger partial charge in [-0.15, -0.1) is 0 Å². The molecule has 0 radical (unpaired) electrons. The van der Waals surface area contributed by atoms with Gasteiger partial charge in [0.05, 0.1) is 30.0 Å². The summed E-state index contributed by atoms with van der Waals surface area (Å²) in [6.45, 7) is 6.22. The first-order chi connectivity index (χ1) is 17.4. The molecular formula is C25H24BrFN6O3. The van der Waals surface area contributed by atoms with Crippen LogP contribution in [0.2, 0.25) is 0 Å². The predicted octanol–water partition coefficient (Wildman–Crippen LogP) is 4.54. The van der Waals surface area contributed by atoms with Gasteiger partial charge in [-0.1, -0.05) is 28.6 Å². The number of carbonyl (C=O) groups is 2. The molecule has 0 saturated carbocycles. The smallest absolute Gasteiger partial charge is 0.247 e. The second-order valence-corrected chi connectivity index (χ2v) is 8.22. The van der Waals surface area contributed by atoms with E-state index in [1.807, 2.05) is 12.2 Å². The van der Waals surface area contributed by atoms with Crippen LogP contribution in [0.4, 0.5) is 21.6 Å². The summed E-state index contributed by atoms with van der Waals surface area (Å²) in [5, 5.41) is 8.80. The molecule has 0 aliphatic carbocycles. The van der Waals surface area contributed by atoms with Crippen molar-refractivity contribution < 1.29 is 18.7 Å². The Morgan fingerprint density at radius 2 is 2.06 bits per heavy atom. The van der Waals surface area contributed by atoms with Gasteiger partial charge in [-0.2, -0.15) is 0 Å². The van der Waals surface area contributed by atoms with Crippen molar-refractivity contribution in [3.63, 3.8) is 0 Å². The highest BCUT2D eigenvalue weighted by Gasteiger charge is 2.14. The van der Waals surface area contributed by atoms with Gasteiger partial charge in [0.1, 0.15) is 30.3 Å². The number of hydrogen-bond donors (Lipinski definition) is 3. The van der Waals surface area contributed by atoms with Gasteiger partial charge >= 0.3 is 0 Å². The van der Waals surface area contributed by atoms with Crippen LogP contribution in [0.25, 0.3) is 10.9 Å². The van der Waals surface area contributed by atoms with E-state index >= 15 is 0 Å². The van der Waals surface area contributed by atoms with Crippen molar-refractivity contribution in [3.05, 3.63) is 71.8 Å². The van der Waals surface area contributed by atoms with E-state index in [0.717, 1.165) is 12.6 Å². The highest BCUT2D eigenvalue weighted by molar-refractivity contribution is 9.10. The number of aromatic nitrogens is 2. The Labute approximate surface area is 215 Å². The van der Waals surface area contributed by atoms with Gasteiger partial charge in [-0.3, -0.25) is 14.6 Å². The summed E-state index contributed by atoms with van der Waals surface area (Å²) in [6, 6.07) is 7.87. The summed E-state index contributed by atoms with van der Waals surface area (Å²) < 4.78 is 20.6. The van der Waals surface area contributed by atoms with Gasteiger partial charge in [0.25, 0.3) is 0 Å². The van der Waals surface area contributed by atoms with Crippen molar-refractivity contribution in [2.45, 2.75) is 6.92 Å². The van der Waals surface area contributed by atoms with Crippen molar-refractivity contribution >= 4 is 62.1 Å². The van der Waals surface area contributed by atoms with Crippen molar-refractivity contribution in [2.24, 2.45) is 4.99 Å². The maximum atomic E-state index is 14.3. The maximum Gasteiger partial charge on any atom is 0.247 e. The van der Waals surface area contributed by atoms with Crippen LogP contribution in [0, 0.1) is 5.82 Å². The number of hydrogen-bond acceptors (Lipinski definition) is 7. The number of rotatable bonds is 8. The molecule has 11 heteroatoms. The fourth-order valence-corrected chi connectivity index (χ4v) is 3.33. The fraction of sp³-hybridized carbons (Fsp3) is 0.160. The first kappa shape index (κ1) is 26.5. The predicted molar refractivity (Wildman–Crippen MR) is 142 cm³/mol. The van der Waals surface area contributed by atoms with Crippen molar-refractivity contribution in [3.8, 4) is 5.75 Å². The third-order valence-corrected chi connectivity index (χ3v) is 5.13. The van der Waals surface area contributed by atoms with Crippen molar-refractivity contribution in [1.82, 2.24) is 15.3 Å². The highest BCUT2D eigenvalue weighted by Crippen LogP contribution is 2.34. The minimum atomic E-state index is -0.459. The third-order valence-electron chi connectivity index (χ3n) is 4.64. The molecule has 4 rings (SSSR count). The molecule has 1 aliphatic rings. The van der Waals surface area contributed by atoms with Gasteiger partial charge in [0.2, 0.25) is 11.8 Å². The van der Waals surface area contributed by atoms with E-state index in [0.29, 0.717) is 39.2 Å². The first-order valence-corrected chi connectivity index (χ1v) is 11.6. The number of nitrogens with zero attached hydrogens (tertiary/aromatic N) is 3. The molecule has 1 aromatic heterocycles. The van der Waals surface area contributed by atoms with E-state index in [1.54, 1.807) is 30.5 Å². The second-order valence-electron chi connectivity index (χ2n) is 7.30. The van der Waals surface area contributed by atoms with E-state index in [1.165, 1.54) is 19.3 Å².